The second-order valence-electron chi connectivity index (χ2n) is 9.08. The molecule has 5 aromatic rings. The third kappa shape index (κ3) is 4.00. The molecule has 2 aromatic carbocycles. The summed E-state index contributed by atoms with van der Waals surface area (Å²) < 4.78 is 1.83. The Kier molecular flexibility index (Phi) is 5.45. The molecule has 0 radical (unpaired) electrons. The normalized spacial score (nSPS) is 13.9. The lowest BCUT2D eigenvalue weighted by atomic mass is 10.0. The van der Waals surface area contributed by atoms with Crippen molar-refractivity contribution in [3.8, 4) is 17.2 Å². The number of rotatable bonds is 6. The van der Waals surface area contributed by atoms with Gasteiger partial charge in [0.05, 0.1) is 34.1 Å². The van der Waals surface area contributed by atoms with E-state index in [4.69, 9.17) is 10.7 Å². The van der Waals surface area contributed by atoms with E-state index in [1.807, 2.05) is 29.7 Å². The van der Waals surface area contributed by atoms with Gasteiger partial charge in [0.25, 0.3) is 5.56 Å². The second-order valence-corrected chi connectivity index (χ2v) is 9.08. The van der Waals surface area contributed by atoms with Gasteiger partial charge in [-0.3, -0.25) is 9.36 Å². The second kappa shape index (κ2) is 8.95. The predicted octanol–water partition coefficient (Wildman–Crippen LogP) is 4.15. The van der Waals surface area contributed by atoms with Crippen LogP contribution < -0.4 is 16.6 Å². The summed E-state index contributed by atoms with van der Waals surface area (Å²) in [7, 11) is 0. The fourth-order valence-corrected chi connectivity index (χ4v) is 4.66. The maximum atomic E-state index is 14.0. The molecule has 3 aromatic heterocycles. The highest BCUT2D eigenvalue weighted by atomic mass is 16.1. The summed E-state index contributed by atoms with van der Waals surface area (Å²) >= 11 is 0. The molecule has 37 heavy (non-hydrogen) atoms. The number of benzene rings is 2. The zero-order valence-corrected chi connectivity index (χ0v) is 20.1. The zero-order chi connectivity index (χ0) is 25.5. The number of nitriles is 1. The van der Waals surface area contributed by atoms with Crippen LogP contribution in [0.4, 0.5) is 11.8 Å². The first-order chi connectivity index (χ1) is 18.1. The van der Waals surface area contributed by atoms with Gasteiger partial charge >= 0.3 is 0 Å². The number of anilines is 2. The van der Waals surface area contributed by atoms with Crippen LogP contribution in [-0.2, 0) is 0 Å². The Bertz CT molecular complexity index is 1750. The quantitative estimate of drug-likeness (QED) is 0.359. The van der Waals surface area contributed by atoms with Gasteiger partial charge in [0.1, 0.15) is 18.0 Å². The van der Waals surface area contributed by atoms with Crippen LogP contribution in [0, 0.1) is 11.3 Å². The number of nitrogen functional groups attached to an aromatic ring is 1. The van der Waals surface area contributed by atoms with E-state index in [1.54, 1.807) is 30.6 Å². The molecule has 10 nitrogen and oxygen atoms in total. The third-order valence-corrected chi connectivity index (χ3v) is 6.65. The van der Waals surface area contributed by atoms with Crippen molar-refractivity contribution in [1.82, 2.24) is 29.5 Å². The average molecular weight is 490 g/mol. The van der Waals surface area contributed by atoms with Gasteiger partial charge < -0.3 is 11.1 Å². The van der Waals surface area contributed by atoms with Crippen molar-refractivity contribution in [2.24, 2.45) is 0 Å². The Morgan fingerprint density at radius 3 is 2.68 bits per heavy atom. The molecule has 0 spiro atoms. The lowest BCUT2D eigenvalue weighted by Crippen LogP contribution is -2.29. The first kappa shape index (κ1) is 22.5. The van der Waals surface area contributed by atoms with Gasteiger partial charge in [0.15, 0.2) is 0 Å². The minimum absolute atomic E-state index is 0.0884. The number of hydrogen-bond donors (Lipinski definition) is 2. The van der Waals surface area contributed by atoms with E-state index in [-0.39, 0.29) is 23.6 Å². The van der Waals surface area contributed by atoms with E-state index in [2.05, 4.69) is 31.3 Å². The fourth-order valence-electron chi connectivity index (χ4n) is 4.66. The van der Waals surface area contributed by atoms with Crippen LogP contribution in [0.3, 0.4) is 0 Å². The lowest BCUT2D eigenvalue weighted by Gasteiger charge is -2.23. The number of hydrogen-bond acceptors (Lipinski definition) is 9. The van der Waals surface area contributed by atoms with Gasteiger partial charge in [-0.25, -0.2) is 24.9 Å². The van der Waals surface area contributed by atoms with Gasteiger partial charge in [-0.15, -0.1) is 0 Å². The van der Waals surface area contributed by atoms with Crippen LogP contribution in [0.2, 0.25) is 0 Å². The molecule has 1 aliphatic carbocycles. The van der Waals surface area contributed by atoms with E-state index < -0.39 is 0 Å². The Labute approximate surface area is 211 Å². The summed E-state index contributed by atoms with van der Waals surface area (Å²) in [4.78, 5) is 36.0. The largest absolute Gasteiger partial charge is 0.368 e. The summed E-state index contributed by atoms with van der Waals surface area (Å²) in [5.41, 5.74) is 8.87. The van der Waals surface area contributed by atoms with Crippen molar-refractivity contribution < 1.29 is 0 Å². The molecule has 1 atom stereocenters. The molecule has 0 saturated heterocycles. The molecule has 1 unspecified atom stereocenters. The number of fused-ring (bicyclic) bond motifs is 2. The van der Waals surface area contributed by atoms with Gasteiger partial charge in [-0.1, -0.05) is 19.1 Å². The maximum absolute atomic E-state index is 14.0. The van der Waals surface area contributed by atoms with Crippen molar-refractivity contribution in [3.05, 3.63) is 76.9 Å². The highest BCUT2D eigenvalue weighted by Crippen LogP contribution is 2.38. The highest BCUT2D eigenvalue weighted by Gasteiger charge is 2.31. The minimum Gasteiger partial charge on any atom is -0.368 e. The smallest absolute Gasteiger partial charge is 0.262 e. The van der Waals surface area contributed by atoms with Crippen LogP contribution in [0.5, 0.6) is 0 Å². The van der Waals surface area contributed by atoms with Crippen molar-refractivity contribution in [3.63, 3.8) is 0 Å². The van der Waals surface area contributed by atoms with E-state index in [0.29, 0.717) is 40.1 Å². The van der Waals surface area contributed by atoms with Crippen molar-refractivity contribution in [1.29, 1.82) is 5.26 Å². The summed E-state index contributed by atoms with van der Waals surface area (Å²) in [5, 5.41) is 14.1. The van der Waals surface area contributed by atoms with Gasteiger partial charge in [-0.05, 0) is 49.1 Å². The lowest BCUT2D eigenvalue weighted by molar-refractivity contribution is 0.579. The molecule has 1 saturated carbocycles. The monoisotopic (exact) mass is 489 g/mol. The molecule has 0 aliphatic heterocycles. The summed E-state index contributed by atoms with van der Waals surface area (Å²) in [6.07, 6.45) is 7.25. The van der Waals surface area contributed by atoms with Gasteiger partial charge in [0, 0.05) is 29.4 Å². The molecule has 1 fully saturated rings. The number of nitrogens with two attached hydrogens (primary N) is 1. The van der Waals surface area contributed by atoms with E-state index in [1.165, 1.54) is 6.33 Å². The third-order valence-electron chi connectivity index (χ3n) is 6.65. The van der Waals surface area contributed by atoms with E-state index >= 15 is 0 Å². The predicted molar refractivity (Wildman–Crippen MR) is 141 cm³/mol. The number of aromatic nitrogens is 6. The SMILES string of the molecule is CCC(Nc1ncnc2ccc(C#N)cc12)c1nc2cccc(-c3cnc(N)nc3)c2c(=O)n1C1CC1. The van der Waals surface area contributed by atoms with Crippen molar-refractivity contribution in [2.45, 2.75) is 38.3 Å². The topological polar surface area (TPSA) is 148 Å². The molecule has 182 valence electrons. The molecular formula is C27H23N9O. The Hall–Kier alpha value is -4.91. The van der Waals surface area contributed by atoms with Crippen LogP contribution in [-0.4, -0.2) is 29.5 Å². The van der Waals surface area contributed by atoms with E-state index in [9.17, 15) is 10.1 Å². The zero-order valence-electron chi connectivity index (χ0n) is 20.1. The van der Waals surface area contributed by atoms with Crippen LogP contribution in [0.25, 0.3) is 32.9 Å². The summed E-state index contributed by atoms with van der Waals surface area (Å²) in [5.74, 6) is 1.44. The molecule has 6 rings (SSSR count). The fraction of sp³-hybridized carbons (Fsp3) is 0.222. The highest BCUT2D eigenvalue weighted by molar-refractivity contribution is 5.94. The maximum Gasteiger partial charge on any atom is 0.262 e. The van der Waals surface area contributed by atoms with Gasteiger partial charge in [0.2, 0.25) is 5.95 Å². The standard InChI is InChI=1S/C27H23N9O/c1-2-20(34-24-19-10-15(11-28)6-9-21(19)32-14-33-24)25-35-22-5-3-4-18(16-12-30-27(29)31-13-16)23(22)26(37)36(25)17-7-8-17/h3-6,9-10,12-14,17,20H,2,7-8H2,1H3,(H2,29,30,31)(H,32,33,34). The molecule has 1 aliphatic rings. The Balaban J connectivity index is 1.51. The van der Waals surface area contributed by atoms with Crippen molar-refractivity contribution in [2.75, 3.05) is 11.1 Å². The van der Waals surface area contributed by atoms with Crippen molar-refractivity contribution >= 4 is 33.6 Å². The first-order valence-electron chi connectivity index (χ1n) is 12.1. The molecular weight excluding hydrogens is 466 g/mol. The average Bonchev–Trinajstić information content (AvgIpc) is 3.76. The Morgan fingerprint density at radius 2 is 1.95 bits per heavy atom. The molecule has 0 bridgehead atoms. The Morgan fingerprint density at radius 1 is 1.14 bits per heavy atom. The van der Waals surface area contributed by atoms with E-state index in [0.717, 1.165) is 29.3 Å². The first-order valence-corrected chi connectivity index (χ1v) is 12.1. The molecule has 3 heterocycles. The molecule has 0 amide bonds. The number of nitrogens with one attached hydrogen (secondary N) is 1. The molecule has 3 N–H and O–H groups in total. The minimum atomic E-state index is -0.287. The summed E-state index contributed by atoms with van der Waals surface area (Å²) in [6.45, 7) is 2.04. The number of nitrogens with zero attached hydrogens (tertiary/aromatic N) is 7. The summed E-state index contributed by atoms with van der Waals surface area (Å²) in [6, 6.07) is 12.9. The van der Waals surface area contributed by atoms with Crippen LogP contribution in [0.15, 0.2) is 59.9 Å². The van der Waals surface area contributed by atoms with Crippen LogP contribution in [0.1, 0.15) is 49.7 Å². The van der Waals surface area contributed by atoms with Gasteiger partial charge in [-0.2, -0.15) is 5.26 Å². The molecule has 10 heteroatoms. The van der Waals surface area contributed by atoms with Crippen LogP contribution >= 0.6 is 0 Å².